The average Bonchev–Trinajstić information content (AvgIpc) is 3.36. The van der Waals surface area contributed by atoms with Crippen LogP contribution in [0.15, 0.2) is 27.5 Å². The Morgan fingerprint density at radius 3 is 2.68 bits per heavy atom. The van der Waals surface area contributed by atoms with Crippen LogP contribution in [0.25, 0.3) is 0 Å². The Hall–Kier alpha value is -2.22. The Kier molecular flexibility index (Phi) is 4.89. The molecule has 1 aromatic carbocycles. The van der Waals surface area contributed by atoms with Crippen molar-refractivity contribution in [3.05, 3.63) is 55.9 Å². The average molecular weight is 413 g/mol. The van der Waals surface area contributed by atoms with E-state index < -0.39 is 28.9 Å². The number of hydrogen-bond donors (Lipinski definition) is 3. The van der Waals surface area contributed by atoms with Gasteiger partial charge in [-0.2, -0.15) is 4.39 Å². The van der Waals surface area contributed by atoms with Gasteiger partial charge in [0.1, 0.15) is 11.4 Å². The molecule has 0 amide bonds. The summed E-state index contributed by atoms with van der Waals surface area (Å²) in [5, 5.41) is 11.9. The number of pyridine rings is 1. The Balaban J connectivity index is 2.05. The van der Waals surface area contributed by atoms with Crippen molar-refractivity contribution >= 4 is 33.3 Å². The third-order valence-corrected chi connectivity index (χ3v) is 4.63. The lowest BCUT2D eigenvalue weighted by molar-refractivity contribution is 0.0695. The number of carboxylic acid groups (broad SMARTS) is 1. The van der Waals surface area contributed by atoms with Gasteiger partial charge in [-0.1, -0.05) is 28.8 Å². The number of rotatable bonds is 6. The van der Waals surface area contributed by atoms with E-state index in [-0.39, 0.29) is 16.9 Å². The maximum Gasteiger partial charge on any atom is 0.339 e. The zero-order valence-corrected chi connectivity index (χ0v) is 14.6. The van der Waals surface area contributed by atoms with Gasteiger partial charge in [-0.3, -0.25) is 4.79 Å². The molecule has 25 heavy (non-hydrogen) atoms. The summed E-state index contributed by atoms with van der Waals surface area (Å²) in [7, 11) is 0. The Morgan fingerprint density at radius 1 is 1.36 bits per heavy atom. The van der Waals surface area contributed by atoms with Crippen molar-refractivity contribution in [2.75, 3.05) is 5.32 Å². The number of halogens is 3. The molecule has 2 aromatic rings. The highest BCUT2D eigenvalue weighted by Gasteiger charge is 2.26. The minimum absolute atomic E-state index is 0.122. The molecule has 1 fully saturated rings. The largest absolute Gasteiger partial charge is 0.478 e. The van der Waals surface area contributed by atoms with Crippen molar-refractivity contribution in [2.45, 2.75) is 25.7 Å². The van der Waals surface area contributed by atoms with Crippen LogP contribution in [0.2, 0.25) is 0 Å². The number of aromatic amines is 1. The van der Waals surface area contributed by atoms with Crippen molar-refractivity contribution in [2.24, 2.45) is 5.92 Å². The molecule has 0 unspecified atom stereocenters. The molecule has 0 atom stereocenters. The number of carbonyl (C=O) groups is 1. The van der Waals surface area contributed by atoms with E-state index in [9.17, 15) is 23.5 Å². The van der Waals surface area contributed by atoms with Gasteiger partial charge >= 0.3 is 5.97 Å². The highest BCUT2D eigenvalue weighted by Crippen LogP contribution is 2.34. The normalized spacial score (nSPS) is 13.7. The number of aryl methyl sites for hydroxylation is 1. The molecular weight excluding hydrogens is 398 g/mol. The zero-order chi connectivity index (χ0) is 18.1. The quantitative estimate of drug-likeness (QED) is 0.663. The van der Waals surface area contributed by atoms with E-state index in [1.807, 2.05) is 0 Å². The van der Waals surface area contributed by atoms with Crippen LogP contribution in [0.3, 0.4) is 0 Å². The minimum atomic E-state index is -1.39. The van der Waals surface area contributed by atoms with Crippen molar-refractivity contribution in [3.8, 4) is 0 Å². The molecule has 0 saturated heterocycles. The highest BCUT2D eigenvalue weighted by molar-refractivity contribution is 9.10. The second-order valence-electron chi connectivity index (χ2n) is 6.03. The fraction of sp³-hybridized carbons (Fsp3) is 0.294. The molecule has 1 aliphatic carbocycles. The number of nitrogens with one attached hydrogen (secondary N) is 2. The van der Waals surface area contributed by atoms with Crippen molar-refractivity contribution in [3.63, 3.8) is 0 Å². The van der Waals surface area contributed by atoms with Crippen LogP contribution >= 0.6 is 15.9 Å². The van der Waals surface area contributed by atoms with Gasteiger partial charge in [0.15, 0.2) is 0 Å². The van der Waals surface area contributed by atoms with Gasteiger partial charge in [-0.25, -0.2) is 9.18 Å². The van der Waals surface area contributed by atoms with E-state index in [0.29, 0.717) is 23.2 Å². The van der Waals surface area contributed by atoms with E-state index in [4.69, 9.17) is 0 Å². The van der Waals surface area contributed by atoms with E-state index in [1.165, 1.54) is 12.1 Å². The Labute approximate surface area is 150 Å². The lowest BCUT2D eigenvalue weighted by atomic mass is 10.0. The molecule has 0 spiro atoms. The van der Waals surface area contributed by atoms with E-state index >= 15 is 0 Å². The smallest absolute Gasteiger partial charge is 0.339 e. The van der Waals surface area contributed by atoms with Gasteiger partial charge < -0.3 is 15.4 Å². The Bertz CT molecular complexity index is 894. The number of aromatic carboxylic acids is 1. The van der Waals surface area contributed by atoms with Crippen molar-refractivity contribution < 1.29 is 18.7 Å². The van der Waals surface area contributed by atoms with Crippen LogP contribution in [0.4, 0.5) is 20.2 Å². The molecule has 0 aliphatic heterocycles. The summed E-state index contributed by atoms with van der Waals surface area (Å²) < 4.78 is 28.8. The molecule has 8 heteroatoms. The van der Waals surface area contributed by atoms with Gasteiger partial charge in [0.05, 0.1) is 11.4 Å². The third-order valence-electron chi connectivity index (χ3n) is 4.14. The lowest BCUT2D eigenvalue weighted by Gasteiger charge is -2.15. The van der Waals surface area contributed by atoms with Crippen LogP contribution in [-0.2, 0) is 6.42 Å². The predicted octanol–water partition coefficient (Wildman–Crippen LogP) is 4.20. The first-order valence-corrected chi connectivity index (χ1v) is 8.56. The van der Waals surface area contributed by atoms with Crippen LogP contribution < -0.4 is 10.9 Å². The van der Waals surface area contributed by atoms with E-state index in [2.05, 4.69) is 26.2 Å². The van der Waals surface area contributed by atoms with Crippen LogP contribution in [0, 0.1) is 17.6 Å². The summed E-state index contributed by atoms with van der Waals surface area (Å²) in [6, 6.07) is 4.00. The van der Waals surface area contributed by atoms with Gasteiger partial charge in [-0.15, -0.1) is 0 Å². The molecule has 1 aliphatic rings. The monoisotopic (exact) mass is 412 g/mol. The summed E-state index contributed by atoms with van der Waals surface area (Å²) in [6.45, 7) is 0. The second kappa shape index (κ2) is 6.95. The number of benzene rings is 1. The number of H-pyrrole nitrogens is 1. The van der Waals surface area contributed by atoms with Crippen LogP contribution in [-0.4, -0.2) is 16.1 Å². The fourth-order valence-electron chi connectivity index (χ4n) is 2.65. The molecule has 3 rings (SSSR count). The van der Waals surface area contributed by atoms with Gasteiger partial charge in [0, 0.05) is 10.2 Å². The summed E-state index contributed by atoms with van der Waals surface area (Å²) in [5.74, 6) is -2.86. The first kappa shape index (κ1) is 17.6. The van der Waals surface area contributed by atoms with Gasteiger partial charge in [-0.05, 0) is 37.0 Å². The fourth-order valence-corrected chi connectivity index (χ4v) is 2.98. The summed E-state index contributed by atoms with van der Waals surface area (Å²) in [6.07, 6.45) is 3.18. The second-order valence-corrected chi connectivity index (χ2v) is 6.95. The Morgan fingerprint density at radius 2 is 2.08 bits per heavy atom. The van der Waals surface area contributed by atoms with Crippen LogP contribution in [0.1, 0.15) is 35.3 Å². The number of aromatic nitrogens is 1. The summed E-state index contributed by atoms with van der Waals surface area (Å²) in [5.41, 5.74) is -1.91. The molecule has 3 N–H and O–H groups in total. The number of carboxylic acids is 1. The zero-order valence-electron chi connectivity index (χ0n) is 13.0. The summed E-state index contributed by atoms with van der Waals surface area (Å²) >= 11 is 3.11. The SMILES string of the molecule is O=C(O)c1c(CCC2CC2)[nH]c(=O)c(F)c1Nc1ccc(Br)cc1F. The molecule has 132 valence electrons. The minimum Gasteiger partial charge on any atom is -0.478 e. The number of anilines is 2. The standard InChI is InChI=1S/C17H15BrF2N2O3/c18-9-4-6-11(10(19)7-9)21-15-13(17(24)25)12(5-3-8-1-2-8)22-16(23)14(15)20/h4,6-8H,1-3,5H2,(H,24,25)(H2,21,22,23). The van der Waals surface area contributed by atoms with Gasteiger partial charge in [0.2, 0.25) is 5.82 Å². The maximum absolute atomic E-state index is 14.3. The molecule has 1 heterocycles. The molecular formula is C17H15BrF2N2O3. The highest BCUT2D eigenvalue weighted by atomic mass is 79.9. The van der Waals surface area contributed by atoms with E-state index in [1.54, 1.807) is 0 Å². The summed E-state index contributed by atoms with van der Waals surface area (Å²) in [4.78, 5) is 25.8. The topological polar surface area (TPSA) is 82.2 Å². The molecule has 1 saturated carbocycles. The predicted molar refractivity (Wildman–Crippen MR) is 92.4 cm³/mol. The first-order valence-electron chi connectivity index (χ1n) is 7.77. The molecule has 0 radical (unpaired) electrons. The lowest BCUT2D eigenvalue weighted by Crippen LogP contribution is -2.22. The van der Waals surface area contributed by atoms with E-state index in [0.717, 1.165) is 18.9 Å². The number of hydrogen-bond acceptors (Lipinski definition) is 3. The van der Waals surface area contributed by atoms with Crippen LogP contribution in [0.5, 0.6) is 0 Å². The van der Waals surface area contributed by atoms with Crippen molar-refractivity contribution in [1.82, 2.24) is 4.98 Å². The first-order chi connectivity index (χ1) is 11.9. The third kappa shape index (κ3) is 3.89. The van der Waals surface area contributed by atoms with Crippen molar-refractivity contribution in [1.29, 1.82) is 0 Å². The molecule has 1 aromatic heterocycles. The maximum atomic E-state index is 14.3. The molecule has 5 nitrogen and oxygen atoms in total. The molecule has 0 bridgehead atoms. The van der Waals surface area contributed by atoms with Gasteiger partial charge in [0.25, 0.3) is 5.56 Å².